The van der Waals surface area contributed by atoms with Gasteiger partial charge in [0.25, 0.3) is 0 Å². The minimum atomic E-state index is -0.919. The zero-order chi connectivity index (χ0) is 26.1. The van der Waals surface area contributed by atoms with Crippen LogP contribution in [0.25, 0.3) is 0 Å². The molecule has 8 heteroatoms. The van der Waals surface area contributed by atoms with Crippen molar-refractivity contribution in [2.75, 3.05) is 0 Å². The van der Waals surface area contributed by atoms with Crippen LogP contribution in [0.3, 0.4) is 0 Å². The first-order valence-corrected chi connectivity index (χ1v) is 11.3. The summed E-state index contributed by atoms with van der Waals surface area (Å²) in [6, 6.07) is 21.7. The third-order valence-corrected chi connectivity index (χ3v) is 5.60. The molecule has 0 spiro atoms. The predicted molar refractivity (Wildman–Crippen MR) is 136 cm³/mol. The van der Waals surface area contributed by atoms with E-state index in [0.29, 0.717) is 0 Å². The van der Waals surface area contributed by atoms with Crippen molar-refractivity contribution in [3.05, 3.63) is 120 Å². The smallest absolute Gasteiger partial charge is 0.247 e. The van der Waals surface area contributed by atoms with Crippen molar-refractivity contribution in [3.8, 4) is 0 Å². The predicted octanol–water partition coefficient (Wildman–Crippen LogP) is 4.18. The minimum Gasteiger partial charge on any atom is -0.344 e. The fourth-order valence-corrected chi connectivity index (χ4v) is 3.67. The molecule has 186 valence electrons. The molecule has 0 aromatic heterocycles. The summed E-state index contributed by atoms with van der Waals surface area (Å²) < 4.78 is 26.6. The number of carbonyl (C=O) groups excluding carboxylic acids is 2. The average Bonchev–Trinajstić information content (AvgIpc) is 2.84. The van der Waals surface area contributed by atoms with Crippen LogP contribution in [-0.2, 0) is 21.4 Å². The monoisotopic (exact) mass is 490 g/mol. The number of nitrogens with zero attached hydrogens (tertiary/aromatic N) is 1. The van der Waals surface area contributed by atoms with E-state index in [1.165, 1.54) is 6.92 Å². The van der Waals surface area contributed by atoms with Crippen LogP contribution in [0.15, 0.2) is 96.4 Å². The first kappa shape index (κ1) is 26.3. The molecule has 3 aromatic rings. The highest BCUT2D eigenvalue weighted by molar-refractivity contribution is 5.88. The summed E-state index contributed by atoms with van der Waals surface area (Å²) in [5.41, 5.74) is 4.40. The molecule has 0 radical (unpaired) electrons. The molecule has 6 nitrogen and oxygen atoms in total. The van der Waals surface area contributed by atoms with Gasteiger partial charge in [0.15, 0.2) is 0 Å². The Hall–Kier alpha value is -4.33. The quantitative estimate of drug-likeness (QED) is 0.295. The lowest BCUT2D eigenvalue weighted by molar-refractivity contribution is -0.127. The molecule has 3 rings (SSSR count). The summed E-state index contributed by atoms with van der Waals surface area (Å²) >= 11 is 0. The Balaban J connectivity index is 1.57. The minimum absolute atomic E-state index is 0.119. The SMILES string of the molecule is C=C(N/N=C/C(C)(c1ccccc1)c1ccccc1)NC(=O)[C@H](C)NC(=O)Cc1cc(F)cc(F)c1. The number of halogens is 2. The van der Waals surface area contributed by atoms with E-state index in [0.717, 1.165) is 29.3 Å². The van der Waals surface area contributed by atoms with Crippen molar-refractivity contribution in [1.29, 1.82) is 0 Å². The van der Waals surface area contributed by atoms with Gasteiger partial charge < -0.3 is 10.6 Å². The maximum absolute atomic E-state index is 13.3. The normalized spacial score (nSPS) is 12.1. The van der Waals surface area contributed by atoms with Gasteiger partial charge in [0.05, 0.1) is 11.8 Å². The van der Waals surface area contributed by atoms with Crippen LogP contribution in [0.2, 0.25) is 0 Å². The molecular formula is C28H28F2N4O2. The molecule has 0 aliphatic rings. The molecule has 0 saturated heterocycles. The zero-order valence-corrected chi connectivity index (χ0v) is 20.1. The molecule has 0 heterocycles. The topological polar surface area (TPSA) is 82.6 Å². The standard InChI is InChI=1S/C28H28F2N4O2/c1-19(32-26(35)16-21-14-24(29)17-25(30)15-21)27(36)33-20(2)34-31-18-28(3,22-10-6-4-7-11-22)23-12-8-5-9-13-23/h4-15,17-19,34H,2,16H2,1,3H3,(H,32,35)(H,33,36)/b31-18+/t19-/m0/s1. The highest BCUT2D eigenvalue weighted by atomic mass is 19.1. The highest BCUT2D eigenvalue weighted by Gasteiger charge is 2.27. The third-order valence-electron chi connectivity index (χ3n) is 5.60. The van der Waals surface area contributed by atoms with Crippen LogP contribution >= 0.6 is 0 Å². The number of rotatable bonds is 10. The van der Waals surface area contributed by atoms with Crippen molar-refractivity contribution in [1.82, 2.24) is 16.1 Å². The summed E-state index contributed by atoms with van der Waals surface area (Å²) in [6.07, 6.45) is 1.46. The number of nitrogens with one attached hydrogen (secondary N) is 3. The molecule has 2 amide bonds. The van der Waals surface area contributed by atoms with Gasteiger partial charge in [-0.3, -0.25) is 15.0 Å². The van der Waals surface area contributed by atoms with Crippen LogP contribution in [-0.4, -0.2) is 24.1 Å². The molecule has 0 aliphatic carbocycles. The Morgan fingerprint density at radius 1 is 0.972 bits per heavy atom. The van der Waals surface area contributed by atoms with E-state index in [1.807, 2.05) is 67.6 Å². The van der Waals surface area contributed by atoms with Gasteiger partial charge in [-0.2, -0.15) is 5.10 Å². The molecule has 0 fully saturated rings. The Morgan fingerprint density at radius 3 is 2.03 bits per heavy atom. The van der Waals surface area contributed by atoms with E-state index < -0.39 is 34.9 Å². The van der Waals surface area contributed by atoms with Crippen LogP contribution in [0, 0.1) is 11.6 Å². The average molecular weight is 491 g/mol. The lowest BCUT2D eigenvalue weighted by Crippen LogP contribution is -2.46. The number of benzene rings is 3. The second-order valence-corrected chi connectivity index (χ2v) is 8.52. The van der Waals surface area contributed by atoms with Gasteiger partial charge in [0.2, 0.25) is 11.8 Å². The molecule has 0 aliphatic heterocycles. The summed E-state index contributed by atoms with van der Waals surface area (Å²) in [5.74, 6) is -2.52. The largest absolute Gasteiger partial charge is 0.344 e. The number of hydrazone groups is 1. The van der Waals surface area contributed by atoms with Crippen molar-refractivity contribution >= 4 is 18.0 Å². The van der Waals surface area contributed by atoms with Crippen LogP contribution in [0.4, 0.5) is 8.78 Å². The maximum Gasteiger partial charge on any atom is 0.247 e. The Kier molecular flexibility index (Phi) is 8.67. The Labute approximate surface area is 209 Å². The van der Waals surface area contributed by atoms with E-state index in [-0.39, 0.29) is 17.8 Å². The van der Waals surface area contributed by atoms with E-state index >= 15 is 0 Å². The first-order chi connectivity index (χ1) is 17.2. The van der Waals surface area contributed by atoms with E-state index in [1.54, 1.807) is 6.21 Å². The van der Waals surface area contributed by atoms with Gasteiger partial charge in [-0.25, -0.2) is 8.78 Å². The van der Waals surface area contributed by atoms with E-state index in [4.69, 9.17) is 0 Å². The van der Waals surface area contributed by atoms with Gasteiger partial charge in [0.1, 0.15) is 23.5 Å². The fourth-order valence-electron chi connectivity index (χ4n) is 3.67. The first-order valence-electron chi connectivity index (χ1n) is 11.3. The molecule has 0 bridgehead atoms. The summed E-state index contributed by atoms with van der Waals surface area (Å²) in [5, 5.41) is 9.33. The van der Waals surface area contributed by atoms with Crippen molar-refractivity contribution in [2.45, 2.75) is 31.7 Å². The lowest BCUT2D eigenvalue weighted by atomic mass is 9.77. The molecule has 3 aromatic carbocycles. The molecule has 36 heavy (non-hydrogen) atoms. The van der Waals surface area contributed by atoms with Gasteiger partial charge in [-0.1, -0.05) is 67.2 Å². The van der Waals surface area contributed by atoms with Crippen LogP contribution in [0.1, 0.15) is 30.5 Å². The second-order valence-electron chi connectivity index (χ2n) is 8.52. The summed E-state index contributed by atoms with van der Waals surface area (Å²) in [4.78, 5) is 24.6. The summed E-state index contributed by atoms with van der Waals surface area (Å²) in [7, 11) is 0. The van der Waals surface area contributed by atoms with E-state index in [2.05, 4.69) is 27.7 Å². The van der Waals surface area contributed by atoms with Gasteiger partial charge >= 0.3 is 0 Å². The van der Waals surface area contributed by atoms with Gasteiger partial charge in [0, 0.05) is 12.3 Å². The number of carbonyl (C=O) groups is 2. The molecule has 0 unspecified atom stereocenters. The van der Waals surface area contributed by atoms with E-state index in [9.17, 15) is 18.4 Å². The molecular weight excluding hydrogens is 462 g/mol. The summed E-state index contributed by atoms with van der Waals surface area (Å²) in [6.45, 7) is 7.27. The fraction of sp³-hybridized carbons (Fsp3) is 0.179. The Morgan fingerprint density at radius 2 is 1.50 bits per heavy atom. The zero-order valence-electron chi connectivity index (χ0n) is 20.1. The number of hydrogen-bond donors (Lipinski definition) is 3. The second kappa shape index (κ2) is 11.9. The van der Waals surface area contributed by atoms with Crippen molar-refractivity contribution in [2.24, 2.45) is 5.10 Å². The molecule has 0 saturated carbocycles. The van der Waals surface area contributed by atoms with Gasteiger partial charge in [-0.15, -0.1) is 0 Å². The number of amides is 2. The van der Waals surface area contributed by atoms with Crippen molar-refractivity contribution in [3.63, 3.8) is 0 Å². The third kappa shape index (κ3) is 7.09. The Bertz CT molecular complexity index is 1190. The molecule has 3 N–H and O–H groups in total. The van der Waals surface area contributed by atoms with Crippen LogP contribution in [0.5, 0.6) is 0 Å². The van der Waals surface area contributed by atoms with Gasteiger partial charge in [-0.05, 0) is 42.7 Å². The highest BCUT2D eigenvalue weighted by Crippen LogP contribution is 2.30. The maximum atomic E-state index is 13.3. The van der Waals surface area contributed by atoms with Crippen LogP contribution < -0.4 is 16.1 Å². The molecule has 1 atom stereocenters. The lowest BCUT2D eigenvalue weighted by Gasteiger charge is -2.26. The number of hydrogen-bond acceptors (Lipinski definition) is 4. The van der Waals surface area contributed by atoms with Crippen molar-refractivity contribution < 1.29 is 18.4 Å².